The highest BCUT2D eigenvalue weighted by Gasteiger charge is 2.50. The minimum Gasteiger partial charge on any atom is -0.504 e. The molecule has 16 heteroatoms. The molecule has 0 aliphatic carbocycles. The molecule has 2 aromatic rings. The van der Waals surface area contributed by atoms with Crippen molar-refractivity contribution in [2.45, 2.75) is 61.4 Å². The Labute approximate surface area is 243 Å². The molecule has 2 aromatic carbocycles. The molecule has 43 heavy (non-hydrogen) atoms. The van der Waals surface area contributed by atoms with E-state index >= 15 is 0 Å². The number of hydrogen-bond donors (Lipinski definition) is 10. The van der Waals surface area contributed by atoms with Gasteiger partial charge in [0, 0.05) is 12.1 Å². The summed E-state index contributed by atoms with van der Waals surface area (Å²) in [6, 6.07) is 7.38. The van der Waals surface area contributed by atoms with Crippen molar-refractivity contribution >= 4 is 12.0 Å². The molecular formula is C27H32O16. The van der Waals surface area contributed by atoms with Gasteiger partial charge >= 0.3 is 5.97 Å². The second-order valence-electron chi connectivity index (χ2n) is 9.83. The maximum Gasteiger partial charge on any atom is 0.330 e. The van der Waals surface area contributed by atoms with Gasteiger partial charge in [-0.1, -0.05) is 6.07 Å². The number of aliphatic hydroxyl groups is 6. The van der Waals surface area contributed by atoms with Crippen LogP contribution in [0, 0.1) is 0 Å². The van der Waals surface area contributed by atoms with Crippen molar-refractivity contribution in [1.82, 2.24) is 0 Å². The van der Waals surface area contributed by atoms with Gasteiger partial charge in [0.1, 0.15) is 67.8 Å². The summed E-state index contributed by atoms with van der Waals surface area (Å²) in [5.74, 6) is -2.44. The van der Waals surface area contributed by atoms with E-state index in [0.717, 1.165) is 18.2 Å². The molecule has 2 fully saturated rings. The van der Waals surface area contributed by atoms with E-state index in [2.05, 4.69) is 0 Å². The summed E-state index contributed by atoms with van der Waals surface area (Å²) in [6.45, 7) is -1.04. The fourth-order valence-corrected chi connectivity index (χ4v) is 4.32. The van der Waals surface area contributed by atoms with Crippen LogP contribution in [0.15, 0.2) is 42.5 Å². The zero-order valence-corrected chi connectivity index (χ0v) is 22.2. The molecule has 2 saturated heterocycles. The molecule has 10 atom stereocenters. The molecular weight excluding hydrogens is 580 g/mol. The molecule has 2 aliphatic heterocycles. The largest absolute Gasteiger partial charge is 0.504 e. The molecule has 4 rings (SSSR count). The van der Waals surface area contributed by atoms with E-state index in [0.29, 0.717) is 5.56 Å². The Morgan fingerprint density at radius 2 is 1.35 bits per heavy atom. The first-order valence-corrected chi connectivity index (χ1v) is 12.9. The Hall–Kier alpha value is -3.71. The second-order valence-corrected chi connectivity index (χ2v) is 9.83. The lowest BCUT2D eigenvalue weighted by Gasteiger charge is -2.45. The summed E-state index contributed by atoms with van der Waals surface area (Å²) in [7, 11) is 0. The summed E-state index contributed by atoms with van der Waals surface area (Å²) in [4.78, 5) is 12.1. The third-order valence-corrected chi connectivity index (χ3v) is 6.78. The van der Waals surface area contributed by atoms with Crippen molar-refractivity contribution in [3.05, 3.63) is 48.0 Å². The maximum atomic E-state index is 12.1. The van der Waals surface area contributed by atoms with Crippen molar-refractivity contribution in [1.29, 1.82) is 0 Å². The van der Waals surface area contributed by atoms with Gasteiger partial charge in [0.2, 0.25) is 0 Å². The van der Waals surface area contributed by atoms with Crippen LogP contribution in [0.3, 0.4) is 0 Å². The van der Waals surface area contributed by atoms with Gasteiger partial charge in [-0.25, -0.2) is 4.79 Å². The predicted octanol–water partition coefficient (Wildman–Crippen LogP) is -2.22. The Morgan fingerprint density at radius 3 is 2.02 bits per heavy atom. The lowest BCUT2D eigenvalue weighted by Crippen LogP contribution is -2.64. The Bertz CT molecular complexity index is 1290. The van der Waals surface area contributed by atoms with E-state index in [9.17, 15) is 55.9 Å². The highest BCUT2D eigenvalue weighted by atomic mass is 16.7. The summed E-state index contributed by atoms with van der Waals surface area (Å²) in [5, 5.41) is 100. The summed E-state index contributed by atoms with van der Waals surface area (Å²) in [5.41, 5.74) is 0.366. The minimum atomic E-state index is -1.94. The minimum absolute atomic E-state index is 0.0701. The maximum absolute atomic E-state index is 12.1. The molecule has 0 spiro atoms. The number of aliphatic hydroxyl groups excluding tert-OH is 6. The fourth-order valence-electron chi connectivity index (χ4n) is 4.32. The molecule has 0 bridgehead atoms. The van der Waals surface area contributed by atoms with Gasteiger partial charge in [-0.05, 0) is 35.9 Å². The number of benzene rings is 2. The Morgan fingerprint density at radius 1 is 0.721 bits per heavy atom. The third kappa shape index (κ3) is 7.63. The van der Waals surface area contributed by atoms with E-state index in [1.165, 1.54) is 30.3 Å². The molecule has 0 amide bonds. The topological polar surface area (TPSA) is 266 Å². The molecule has 0 aromatic heterocycles. The van der Waals surface area contributed by atoms with Gasteiger partial charge in [0.15, 0.2) is 35.6 Å². The number of phenols is 4. The number of carbonyl (C=O) groups excluding carboxylic acids is 1. The molecule has 236 valence electrons. The van der Waals surface area contributed by atoms with Crippen LogP contribution in [0.2, 0.25) is 0 Å². The van der Waals surface area contributed by atoms with E-state index in [-0.39, 0.29) is 11.5 Å². The molecule has 2 heterocycles. The van der Waals surface area contributed by atoms with Gasteiger partial charge in [0.05, 0.1) is 0 Å². The van der Waals surface area contributed by atoms with Crippen LogP contribution in [0.25, 0.3) is 6.08 Å². The van der Waals surface area contributed by atoms with Crippen LogP contribution in [-0.4, -0.2) is 132 Å². The second kappa shape index (κ2) is 13.7. The quantitative estimate of drug-likeness (QED) is 0.0816. The van der Waals surface area contributed by atoms with Crippen LogP contribution in [-0.2, 0) is 23.7 Å². The number of carbonyl (C=O) groups is 1. The average Bonchev–Trinajstić information content (AvgIpc) is 2.98. The van der Waals surface area contributed by atoms with Crippen molar-refractivity contribution < 1.29 is 79.5 Å². The first-order chi connectivity index (χ1) is 20.3. The van der Waals surface area contributed by atoms with Crippen molar-refractivity contribution in [3.63, 3.8) is 0 Å². The molecule has 10 N–H and O–H groups in total. The first kappa shape index (κ1) is 32.2. The number of hydrogen-bond acceptors (Lipinski definition) is 16. The predicted molar refractivity (Wildman–Crippen MR) is 139 cm³/mol. The van der Waals surface area contributed by atoms with Gasteiger partial charge < -0.3 is 74.7 Å². The zero-order chi connectivity index (χ0) is 31.4. The average molecular weight is 613 g/mol. The summed E-state index contributed by atoms with van der Waals surface area (Å²) in [6.07, 6.45) is -14.9. The number of ether oxygens (including phenoxy) is 5. The number of aromatic hydroxyl groups is 4. The van der Waals surface area contributed by atoms with Crippen LogP contribution in [0.1, 0.15) is 5.56 Å². The molecule has 1 unspecified atom stereocenters. The number of phenolic OH excluding ortho intramolecular Hbond substituents is 4. The Kier molecular flexibility index (Phi) is 10.3. The summed E-state index contributed by atoms with van der Waals surface area (Å²) >= 11 is 0. The van der Waals surface area contributed by atoms with Crippen molar-refractivity contribution in [3.8, 4) is 28.7 Å². The SMILES string of the molecule is O=C(/C=C/c1ccc(O)c(O)c1)OC[C@H]1OC(O)[C@H](O[C@@H]2O[C@H](COc3ccc(O)c(O)c3)[C@@H](O)[C@H](O)[C@H]2O)[C@@H](O)[C@@H]1O. The standard InChI is InChI=1S/C27H32O16/c28-13-4-1-11(7-15(13)30)2-6-19(32)40-10-17-21(34)23(36)25(26(38)41-17)43-27-24(37)22(35)20(33)18(42-27)9-39-12-3-5-14(29)16(31)8-12/h1-8,17-18,20-31,33-38H,9-10H2/b6-2+/t17-,18-,20-,21-,22+,23+,24-,25-,26?,27+/m1/s1. The highest BCUT2D eigenvalue weighted by Crippen LogP contribution is 2.31. The molecule has 0 saturated carbocycles. The van der Waals surface area contributed by atoms with Crippen LogP contribution >= 0.6 is 0 Å². The first-order valence-electron chi connectivity index (χ1n) is 12.9. The van der Waals surface area contributed by atoms with Gasteiger partial charge in [0.25, 0.3) is 0 Å². The van der Waals surface area contributed by atoms with E-state index in [4.69, 9.17) is 23.7 Å². The normalized spacial score (nSPS) is 32.9. The lowest BCUT2D eigenvalue weighted by atomic mass is 9.97. The highest BCUT2D eigenvalue weighted by molar-refractivity contribution is 5.87. The van der Waals surface area contributed by atoms with E-state index in [1.807, 2.05) is 0 Å². The van der Waals surface area contributed by atoms with E-state index < -0.39 is 97.8 Å². The zero-order valence-electron chi connectivity index (χ0n) is 22.2. The molecule has 2 aliphatic rings. The van der Waals surface area contributed by atoms with Crippen LogP contribution in [0.4, 0.5) is 0 Å². The van der Waals surface area contributed by atoms with E-state index in [1.54, 1.807) is 0 Å². The van der Waals surface area contributed by atoms with Crippen molar-refractivity contribution in [2.24, 2.45) is 0 Å². The van der Waals surface area contributed by atoms with Crippen LogP contribution in [0.5, 0.6) is 28.7 Å². The number of rotatable bonds is 9. The number of esters is 1. The lowest BCUT2D eigenvalue weighted by molar-refractivity contribution is -0.361. The van der Waals surface area contributed by atoms with Gasteiger partial charge in [-0.3, -0.25) is 0 Å². The van der Waals surface area contributed by atoms with Gasteiger partial charge in [-0.15, -0.1) is 0 Å². The smallest absolute Gasteiger partial charge is 0.330 e. The monoisotopic (exact) mass is 612 g/mol. The summed E-state index contributed by atoms with van der Waals surface area (Å²) < 4.78 is 26.6. The molecule has 16 nitrogen and oxygen atoms in total. The Balaban J connectivity index is 1.32. The van der Waals surface area contributed by atoms with Crippen LogP contribution < -0.4 is 4.74 Å². The van der Waals surface area contributed by atoms with Gasteiger partial charge in [-0.2, -0.15) is 0 Å². The van der Waals surface area contributed by atoms with Crippen molar-refractivity contribution in [2.75, 3.05) is 13.2 Å². The third-order valence-electron chi connectivity index (χ3n) is 6.78. The fraction of sp³-hybridized carbons (Fsp3) is 0.444. The molecule has 0 radical (unpaired) electrons.